The van der Waals surface area contributed by atoms with Gasteiger partial charge in [-0.3, -0.25) is 4.79 Å². The van der Waals surface area contributed by atoms with Crippen molar-refractivity contribution in [2.45, 2.75) is 19.4 Å². The van der Waals surface area contributed by atoms with Gasteiger partial charge in [-0.1, -0.05) is 6.92 Å². The molecule has 0 aromatic rings. The van der Waals surface area contributed by atoms with Crippen molar-refractivity contribution in [3.63, 3.8) is 0 Å². The number of rotatable bonds is 2. The Morgan fingerprint density at radius 1 is 1.75 bits per heavy atom. The van der Waals surface area contributed by atoms with Gasteiger partial charge < -0.3 is 4.74 Å². The summed E-state index contributed by atoms with van der Waals surface area (Å²) >= 11 is 0. The summed E-state index contributed by atoms with van der Waals surface area (Å²) in [4.78, 5) is 9.58. The van der Waals surface area contributed by atoms with Crippen LogP contribution in [0.2, 0.25) is 0 Å². The molecule has 1 rings (SSSR count). The van der Waals surface area contributed by atoms with Crippen LogP contribution < -0.4 is 0 Å². The molecule has 0 aliphatic heterocycles. The normalized spacial score (nSPS) is 32.6. The molecule has 0 heterocycles. The van der Waals surface area contributed by atoms with Crippen LogP contribution in [0, 0.1) is 5.92 Å². The first kappa shape index (κ1) is 8.47. The molecule has 2 atom stereocenters. The Hall–Kier alpha value is 0.470. The second-order valence-electron chi connectivity index (χ2n) is 1.98. The molecule has 2 unspecified atom stereocenters. The zero-order valence-electron chi connectivity index (χ0n) is 4.26. The number of carbonyl (C=O) groups is 1. The van der Waals surface area contributed by atoms with Crippen LogP contribution in [0.5, 0.6) is 0 Å². The first-order chi connectivity index (χ1) is 3.34. The van der Waals surface area contributed by atoms with Crippen LogP contribution >= 0.6 is 0 Å². The number of hydrogen-bond donors (Lipinski definition) is 0. The van der Waals surface area contributed by atoms with Crippen molar-refractivity contribution in [3.8, 4) is 0 Å². The van der Waals surface area contributed by atoms with E-state index in [0.717, 1.165) is 6.42 Å². The molecule has 0 radical (unpaired) electrons. The van der Waals surface area contributed by atoms with Crippen LogP contribution in [-0.4, -0.2) is 42.1 Å². The van der Waals surface area contributed by atoms with Gasteiger partial charge in [-0.15, -0.1) is 0 Å². The maximum atomic E-state index is 9.58. The SMILES string of the molecule is CC1CC1OC=O.[NaH]. The molecule has 8 heavy (non-hydrogen) atoms. The topological polar surface area (TPSA) is 26.3 Å². The molecule has 1 aliphatic carbocycles. The van der Waals surface area contributed by atoms with E-state index in [1.165, 1.54) is 0 Å². The maximum absolute atomic E-state index is 9.58. The third-order valence-electron chi connectivity index (χ3n) is 1.27. The molecule has 1 fully saturated rings. The van der Waals surface area contributed by atoms with Gasteiger partial charge in [0.25, 0.3) is 6.47 Å². The first-order valence-electron chi connectivity index (χ1n) is 2.43. The van der Waals surface area contributed by atoms with E-state index in [4.69, 9.17) is 0 Å². The number of hydrogen-bond acceptors (Lipinski definition) is 2. The molecule has 1 aliphatic rings. The van der Waals surface area contributed by atoms with Crippen molar-refractivity contribution >= 4 is 36.0 Å². The third kappa shape index (κ3) is 2.16. The van der Waals surface area contributed by atoms with Gasteiger partial charge in [0.2, 0.25) is 0 Å². The van der Waals surface area contributed by atoms with Gasteiger partial charge >= 0.3 is 29.6 Å². The molecule has 42 valence electrons. The molecule has 0 aromatic carbocycles. The third-order valence-corrected chi connectivity index (χ3v) is 1.27. The van der Waals surface area contributed by atoms with Gasteiger partial charge in [-0.25, -0.2) is 0 Å². The average molecular weight is 124 g/mol. The van der Waals surface area contributed by atoms with E-state index in [-0.39, 0.29) is 35.7 Å². The van der Waals surface area contributed by atoms with E-state index >= 15 is 0 Å². The van der Waals surface area contributed by atoms with Crippen molar-refractivity contribution < 1.29 is 9.53 Å². The van der Waals surface area contributed by atoms with E-state index in [1.54, 1.807) is 0 Å². The fourth-order valence-electron chi connectivity index (χ4n) is 0.549. The fourth-order valence-corrected chi connectivity index (χ4v) is 0.549. The summed E-state index contributed by atoms with van der Waals surface area (Å²) in [6.45, 7) is 2.59. The Bertz CT molecular complexity index is 84.5. The van der Waals surface area contributed by atoms with Crippen LogP contribution in [0.4, 0.5) is 0 Å². The van der Waals surface area contributed by atoms with E-state index in [2.05, 4.69) is 11.7 Å². The minimum atomic E-state index is 0. The zero-order valence-corrected chi connectivity index (χ0v) is 4.26. The van der Waals surface area contributed by atoms with Gasteiger partial charge in [0.05, 0.1) is 0 Å². The Labute approximate surface area is 70.9 Å². The summed E-state index contributed by atoms with van der Waals surface area (Å²) < 4.78 is 4.58. The Morgan fingerprint density at radius 2 is 2.25 bits per heavy atom. The van der Waals surface area contributed by atoms with Crippen molar-refractivity contribution in [1.82, 2.24) is 0 Å². The van der Waals surface area contributed by atoms with Crippen molar-refractivity contribution in [3.05, 3.63) is 0 Å². The van der Waals surface area contributed by atoms with Gasteiger partial charge in [-0.05, 0) is 12.3 Å². The Morgan fingerprint density at radius 3 is 2.38 bits per heavy atom. The van der Waals surface area contributed by atoms with Gasteiger partial charge in [-0.2, -0.15) is 0 Å². The van der Waals surface area contributed by atoms with Crippen LogP contribution in [0.15, 0.2) is 0 Å². The summed E-state index contributed by atoms with van der Waals surface area (Å²) in [6.07, 6.45) is 1.30. The monoisotopic (exact) mass is 124 g/mol. The molecule has 0 saturated heterocycles. The van der Waals surface area contributed by atoms with Crippen molar-refractivity contribution in [2.24, 2.45) is 5.92 Å². The van der Waals surface area contributed by atoms with Gasteiger partial charge in [0.1, 0.15) is 6.10 Å². The summed E-state index contributed by atoms with van der Waals surface area (Å²) in [5.74, 6) is 0.616. The molecule has 0 N–H and O–H groups in total. The first-order valence-corrected chi connectivity index (χ1v) is 2.43. The van der Waals surface area contributed by atoms with Crippen LogP contribution in [0.3, 0.4) is 0 Å². The summed E-state index contributed by atoms with van der Waals surface area (Å²) in [7, 11) is 0. The molecule has 1 saturated carbocycles. The van der Waals surface area contributed by atoms with E-state index in [0.29, 0.717) is 12.4 Å². The molecule has 2 nitrogen and oxygen atoms in total. The standard InChI is InChI=1S/C5H8O2.Na.H/c1-4-2-5(4)7-3-6;;/h3-5H,2H2,1H3;;. The van der Waals surface area contributed by atoms with Crippen LogP contribution in [-0.2, 0) is 9.53 Å². The fraction of sp³-hybridized carbons (Fsp3) is 0.800. The quantitative estimate of drug-likeness (QED) is 0.380. The van der Waals surface area contributed by atoms with Gasteiger partial charge in [0, 0.05) is 0 Å². The predicted octanol–water partition coefficient (Wildman–Crippen LogP) is -0.0807. The van der Waals surface area contributed by atoms with Crippen LogP contribution in [0.25, 0.3) is 0 Å². The zero-order chi connectivity index (χ0) is 5.28. The average Bonchev–Trinajstić information content (AvgIpc) is 2.22. The minimum absolute atomic E-state index is 0. The summed E-state index contributed by atoms with van der Waals surface area (Å²) in [6, 6.07) is 0. The molecule has 0 spiro atoms. The predicted molar refractivity (Wildman–Crippen MR) is 31.9 cm³/mol. The Balaban J connectivity index is 0.000000490. The van der Waals surface area contributed by atoms with Crippen LogP contribution in [0.1, 0.15) is 13.3 Å². The van der Waals surface area contributed by atoms with Gasteiger partial charge in [0.15, 0.2) is 0 Å². The Kier molecular flexibility index (Phi) is 3.69. The molecule has 3 heteroatoms. The summed E-state index contributed by atoms with van der Waals surface area (Å²) in [5.41, 5.74) is 0. The van der Waals surface area contributed by atoms with E-state index < -0.39 is 0 Å². The molecule has 0 bridgehead atoms. The van der Waals surface area contributed by atoms with Crippen molar-refractivity contribution in [2.75, 3.05) is 0 Å². The van der Waals surface area contributed by atoms with E-state index in [9.17, 15) is 4.79 Å². The molecule has 0 aromatic heterocycles. The van der Waals surface area contributed by atoms with E-state index in [1.807, 2.05) is 0 Å². The van der Waals surface area contributed by atoms with Crippen molar-refractivity contribution in [1.29, 1.82) is 0 Å². The number of ether oxygens (including phenoxy) is 1. The second kappa shape index (κ2) is 3.49. The summed E-state index contributed by atoms with van der Waals surface area (Å²) in [5, 5.41) is 0. The molecular formula is C5H9NaO2. The number of carbonyl (C=O) groups excluding carboxylic acids is 1. The molecular weight excluding hydrogens is 115 g/mol. The second-order valence-corrected chi connectivity index (χ2v) is 1.98. The molecule has 0 amide bonds.